The van der Waals surface area contributed by atoms with E-state index in [1.54, 1.807) is 0 Å². The van der Waals surface area contributed by atoms with Gasteiger partial charge in [-0.1, -0.05) is 23.7 Å². The van der Waals surface area contributed by atoms with E-state index >= 15 is 0 Å². The zero-order valence-electron chi connectivity index (χ0n) is 10.6. The van der Waals surface area contributed by atoms with Crippen molar-refractivity contribution in [2.24, 2.45) is 5.84 Å². The zero-order valence-corrected chi connectivity index (χ0v) is 11.3. The summed E-state index contributed by atoms with van der Waals surface area (Å²) in [6.07, 6.45) is 5.83. The number of hydrogen-bond acceptors (Lipinski definition) is 3. The summed E-state index contributed by atoms with van der Waals surface area (Å²) in [6, 6.07) is 8.24. The Kier molecular flexibility index (Phi) is 5.45. The van der Waals surface area contributed by atoms with E-state index in [9.17, 15) is 0 Å². The fourth-order valence-corrected chi connectivity index (χ4v) is 2.66. The highest BCUT2D eigenvalue weighted by Gasteiger charge is 2.17. The van der Waals surface area contributed by atoms with E-state index in [-0.39, 0.29) is 6.04 Å². The molecule has 1 aliphatic rings. The molecule has 1 aromatic rings. The third kappa shape index (κ3) is 4.25. The van der Waals surface area contributed by atoms with Crippen LogP contribution in [0.4, 0.5) is 0 Å². The van der Waals surface area contributed by atoms with Gasteiger partial charge in [0.1, 0.15) is 0 Å². The largest absolute Gasteiger partial charge is 0.378 e. The van der Waals surface area contributed by atoms with Crippen molar-refractivity contribution in [3.05, 3.63) is 34.9 Å². The molecule has 100 valence electrons. The van der Waals surface area contributed by atoms with Gasteiger partial charge in [0.15, 0.2) is 0 Å². The number of ether oxygens (including phenoxy) is 1. The Morgan fingerprint density at radius 2 is 2.39 bits per heavy atom. The number of benzene rings is 1. The molecule has 1 saturated heterocycles. The third-order valence-electron chi connectivity index (χ3n) is 3.47. The van der Waals surface area contributed by atoms with Gasteiger partial charge in [0, 0.05) is 17.7 Å². The third-order valence-corrected chi connectivity index (χ3v) is 3.70. The van der Waals surface area contributed by atoms with E-state index in [2.05, 4.69) is 11.5 Å². The van der Waals surface area contributed by atoms with Gasteiger partial charge in [-0.15, -0.1) is 0 Å². The molecule has 2 unspecified atom stereocenters. The van der Waals surface area contributed by atoms with Gasteiger partial charge in [-0.25, -0.2) is 0 Å². The molecule has 0 aromatic heterocycles. The minimum atomic E-state index is 0.285. The van der Waals surface area contributed by atoms with Gasteiger partial charge in [0.2, 0.25) is 0 Å². The van der Waals surface area contributed by atoms with Crippen LogP contribution >= 0.6 is 11.6 Å². The summed E-state index contributed by atoms with van der Waals surface area (Å²) in [7, 11) is 0. The molecule has 0 spiro atoms. The summed E-state index contributed by atoms with van der Waals surface area (Å²) < 4.78 is 5.63. The Hall–Kier alpha value is -0.610. The Morgan fingerprint density at radius 1 is 1.50 bits per heavy atom. The average molecular weight is 269 g/mol. The van der Waals surface area contributed by atoms with Crippen molar-refractivity contribution in [3.8, 4) is 0 Å². The normalized spacial score (nSPS) is 21.1. The molecule has 0 radical (unpaired) electrons. The lowest BCUT2D eigenvalue weighted by atomic mass is 10.00. The Labute approximate surface area is 114 Å². The number of rotatable bonds is 6. The lowest BCUT2D eigenvalue weighted by Gasteiger charge is -2.18. The van der Waals surface area contributed by atoms with Crippen LogP contribution in [0.5, 0.6) is 0 Å². The molecular weight excluding hydrogens is 248 g/mol. The predicted molar refractivity (Wildman–Crippen MR) is 74.5 cm³/mol. The molecule has 2 rings (SSSR count). The lowest BCUT2D eigenvalue weighted by molar-refractivity contribution is 0.0996. The summed E-state index contributed by atoms with van der Waals surface area (Å²) in [5.41, 5.74) is 4.12. The Morgan fingerprint density at radius 3 is 3.06 bits per heavy atom. The quantitative estimate of drug-likeness (QED) is 0.616. The first-order valence-corrected chi connectivity index (χ1v) is 6.98. The first kappa shape index (κ1) is 13.8. The maximum Gasteiger partial charge on any atom is 0.0576 e. The van der Waals surface area contributed by atoms with Crippen LogP contribution in [0.15, 0.2) is 24.3 Å². The van der Waals surface area contributed by atoms with Gasteiger partial charge in [-0.3, -0.25) is 11.3 Å². The fourth-order valence-electron chi connectivity index (χ4n) is 2.45. The van der Waals surface area contributed by atoms with E-state index in [1.807, 2.05) is 18.2 Å². The topological polar surface area (TPSA) is 47.3 Å². The molecule has 1 aromatic carbocycles. The minimum absolute atomic E-state index is 0.285. The van der Waals surface area contributed by atoms with Crippen molar-refractivity contribution in [1.82, 2.24) is 5.43 Å². The second-order valence-corrected chi connectivity index (χ2v) is 5.35. The smallest absolute Gasteiger partial charge is 0.0576 e. The monoisotopic (exact) mass is 268 g/mol. The average Bonchev–Trinajstić information content (AvgIpc) is 2.87. The second kappa shape index (κ2) is 7.10. The number of nitrogens with two attached hydrogens (primary N) is 1. The molecule has 2 atom stereocenters. The highest BCUT2D eigenvalue weighted by atomic mass is 35.5. The van der Waals surface area contributed by atoms with Crippen LogP contribution in [0.1, 0.15) is 31.2 Å². The molecule has 1 aliphatic heterocycles. The van der Waals surface area contributed by atoms with Crippen LogP contribution in [-0.2, 0) is 11.2 Å². The molecule has 1 fully saturated rings. The summed E-state index contributed by atoms with van der Waals surface area (Å²) in [5.74, 6) is 5.62. The van der Waals surface area contributed by atoms with Crippen LogP contribution in [0.3, 0.4) is 0 Å². The van der Waals surface area contributed by atoms with Gasteiger partial charge in [0.05, 0.1) is 6.10 Å². The highest BCUT2D eigenvalue weighted by molar-refractivity contribution is 6.30. The van der Waals surface area contributed by atoms with Crippen molar-refractivity contribution in [2.75, 3.05) is 6.61 Å². The van der Waals surface area contributed by atoms with Crippen LogP contribution in [-0.4, -0.2) is 18.8 Å². The molecule has 0 saturated carbocycles. The van der Waals surface area contributed by atoms with E-state index in [0.29, 0.717) is 6.10 Å². The molecule has 0 aliphatic carbocycles. The van der Waals surface area contributed by atoms with Gasteiger partial charge in [-0.05, 0) is 49.8 Å². The lowest BCUT2D eigenvalue weighted by Crippen LogP contribution is -2.37. The molecule has 4 heteroatoms. The first-order chi connectivity index (χ1) is 8.78. The van der Waals surface area contributed by atoms with Crippen molar-refractivity contribution in [1.29, 1.82) is 0 Å². The van der Waals surface area contributed by atoms with Gasteiger partial charge >= 0.3 is 0 Å². The number of halogens is 1. The molecule has 0 bridgehead atoms. The van der Waals surface area contributed by atoms with Gasteiger partial charge in [0.25, 0.3) is 0 Å². The number of hydrogen-bond donors (Lipinski definition) is 2. The Bertz CT molecular complexity index is 367. The second-order valence-electron chi connectivity index (χ2n) is 4.91. The van der Waals surface area contributed by atoms with Crippen LogP contribution in [0, 0.1) is 0 Å². The van der Waals surface area contributed by atoms with E-state index < -0.39 is 0 Å². The van der Waals surface area contributed by atoms with Crippen molar-refractivity contribution in [2.45, 2.75) is 44.2 Å². The molecule has 3 nitrogen and oxygen atoms in total. The standard InChI is InChI=1S/C14H21ClN2O/c15-12-4-1-3-11(9-12)10-13(17-16)6-7-14-5-2-8-18-14/h1,3-4,9,13-14,17H,2,5-8,10,16H2. The molecule has 3 N–H and O–H groups in total. The van der Waals surface area contributed by atoms with Crippen LogP contribution < -0.4 is 11.3 Å². The summed E-state index contributed by atoms with van der Waals surface area (Å²) in [4.78, 5) is 0. The highest BCUT2D eigenvalue weighted by Crippen LogP contribution is 2.19. The van der Waals surface area contributed by atoms with Crippen LogP contribution in [0.2, 0.25) is 5.02 Å². The van der Waals surface area contributed by atoms with Gasteiger partial charge in [-0.2, -0.15) is 0 Å². The number of hydrazine groups is 1. The summed E-state index contributed by atoms with van der Waals surface area (Å²) in [5, 5.41) is 0.780. The van der Waals surface area contributed by atoms with Gasteiger partial charge < -0.3 is 4.74 Å². The SMILES string of the molecule is NNC(CCC1CCCO1)Cc1cccc(Cl)c1. The maximum absolute atomic E-state index is 5.98. The molecule has 0 amide bonds. The number of nitrogens with one attached hydrogen (secondary N) is 1. The minimum Gasteiger partial charge on any atom is -0.378 e. The predicted octanol–water partition coefficient (Wildman–Crippen LogP) is 2.67. The zero-order chi connectivity index (χ0) is 12.8. The summed E-state index contributed by atoms with van der Waals surface area (Å²) in [6.45, 7) is 0.916. The molecule has 18 heavy (non-hydrogen) atoms. The van der Waals surface area contributed by atoms with Crippen molar-refractivity contribution in [3.63, 3.8) is 0 Å². The van der Waals surface area contributed by atoms with E-state index in [4.69, 9.17) is 22.2 Å². The summed E-state index contributed by atoms with van der Waals surface area (Å²) >= 11 is 5.98. The first-order valence-electron chi connectivity index (χ1n) is 6.60. The van der Waals surface area contributed by atoms with E-state index in [1.165, 1.54) is 18.4 Å². The van der Waals surface area contributed by atoms with E-state index in [0.717, 1.165) is 30.9 Å². The Balaban J connectivity index is 1.81. The van der Waals surface area contributed by atoms with Crippen molar-refractivity contribution < 1.29 is 4.74 Å². The maximum atomic E-state index is 5.98. The van der Waals surface area contributed by atoms with Crippen LogP contribution in [0.25, 0.3) is 0 Å². The molecule has 1 heterocycles. The van der Waals surface area contributed by atoms with Crippen molar-refractivity contribution >= 4 is 11.6 Å². The fraction of sp³-hybridized carbons (Fsp3) is 0.571. The molecular formula is C14H21ClN2O.